The number of amides is 1. The van der Waals surface area contributed by atoms with Gasteiger partial charge in [0, 0.05) is 18.1 Å². The van der Waals surface area contributed by atoms with Crippen LogP contribution in [0.15, 0.2) is 24.3 Å². The van der Waals surface area contributed by atoms with Crippen LogP contribution in [0.2, 0.25) is 5.02 Å². The van der Waals surface area contributed by atoms with E-state index in [9.17, 15) is 4.79 Å². The van der Waals surface area contributed by atoms with Gasteiger partial charge in [-0.2, -0.15) is 0 Å². The lowest BCUT2D eigenvalue weighted by atomic mass is 10.2. The van der Waals surface area contributed by atoms with E-state index in [1.165, 1.54) is 0 Å². The average Bonchev–Trinajstić information content (AvgIpc) is 2.26. The van der Waals surface area contributed by atoms with Gasteiger partial charge in [0.15, 0.2) is 0 Å². The Hall–Kier alpha value is -1.06. The lowest BCUT2D eigenvalue weighted by Gasteiger charge is -2.06. The minimum absolute atomic E-state index is 0.0314. The van der Waals surface area contributed by atoms with Gasteiger partial charge in [-0.05, 0) is 24.1 Å². The van der Waals surface area contributed by atoms with E-state index in [-0.39, 0.29) is 5.91 Å². The fourth-order valence-corrected chi connectivity index (χ4v) is 1.51. The van der Waals surface area contributed by atoms with Gasteiger partial charge < -0.3 is 10.6 Å². The molecule has 1 rings (SSSR count). The molecule has 88 valence electrons. The molecule has 2 N–H and O–H groups in total. The van der Waals surface area contributed by atoms with Gasteiger partial charge in [0.1, 0.15) is 0 Å². The van der Waals surface area contributed by atoms with Crippen LogP contribution in [0.1, 0.15) is 18.9 Å². The maximum Gasteiger partial charge on any atom is 0.233 e. The van der Waals surface area contributed by atoms with E-state index >= 15 is 0 Å². The van der Waals surface area contributed by atoms with Crippen molar-refractivity contribution in [2.45, 2.75) is 19.9 Å². The van der Waals surface area contributed by atoms with Crippen LogP contribution >= 0.6 is 11.6 Å². The molecule has 0 bridgehead atoms. The highest BCUT2D eigenvalue weighted by atomic mass is 35.5. The molecule has 1 aromatic rings. The van der Waals surface area contributed by atoms with Crippen molar-refractivity contribution in [2.75, 3.05) is 13.1 Å². The maximum absolute atomic E-state index is 11.3. The van der Waals surface area contributed by atoms with Gasteiger partial charge in [-0.3, -0.25) is 4.79 Å². The monoisotopic (exact) mass is 240 g/mol. The van der Waals surface area contributed by atoms with Crippen molar-refractivity contribution in [1.82, 2.24) is 10.6 Å². The van der Waals surface area contributed by atoms with Gasteiger partial charge in [-0.25, -0.2) is 0 Å². The van der Waals surface area contributed by atoms with Gasteiger partial charge in [0.25, 0.3) is 0 Å². The van der Waals surface area contributed by atoms with E-state index in [2.05, 4.69) is 10.6 Å². The Morgan fingerprint density at radius 2 is 2.25 bits per heavy atom. The maximum atomic E-state index is 11.3. The van der Waals surface area contributed by atoms with Crippen LogP contribution in [0.25, 0.3) is 0 Å². The number of halogens is 1. The first-order chi connectivity index (χ1) is 7.72. The fourth-order valence-electron chi connectivity index (χ4n) is 1.29. The third-order valence-electron chi connectivity index (χ3n) is 2.08. The molecule has 0 atom stereocenters. The molecule has 0 radical (unpaired) electrons. The Labute approximate surface area is 101 Å². The molecule has 0 spiro atoms. The zero-order valence-corrected chi connectivity index (χ0v) is 10.2. The molecule has 1 aromatic carbocycles. The predicted molar refractivity (Wildman–Crippen MR) is 66.5 cm³/mol. The number of hydrogen-bond donors (Lipinski definition) is 2. The van der Waals surface area contributed by atoms with Gasteiger partial charge in [0.2, 0.25) is 5.91 Å². The molecule has 0 saturated carbocycles. The summed E-state index contributed by atoms with van der Waals surface area (Å²) < 4.78 is 0. The summed E-state index contributed by atoms with van der Waals surface area (Å²) in [6, 6.07) is 7.59. The van der Waals surface area contributed by atoms with Crippen LogP contribution in [-0.4, -0.2) is 19.0 Å². The van der Waals surface area contributed by atoms with Gasteiger partial charge >= 0.3 is 0 Å². The first-order valence-electron chi connectivity index (χ1n) is 5.44. The van der Waals surface area contributed by atoms with Crippen LogP contribution in [0.4, 0.5) is 0 Å². The Bertz CT molecular complexity index is 342. The fraction of sp³-hybridized carbons (Fsp3) is 0.417. The summed E-state index contributed by atoms with van der Waals surface area (Å²) in [5.41, 5.74) is 1.08. The Morgan fingerprint density at radius 1 is 1.44 bits per heavy atom. The van der Waals surface area contributed by atoms with Crippen LogP contribution in [0.5, 0.6) is 0 Å². The summed E-state index contributed by atoms with van der Waals surface area (Å²) >= 11 is 5.85. The van der Waals surface area contributed by atoms with E-state index in [1.807, 2.05) is 31.2 Å². The number of carbonyl (C=O) groups excluding carboxylic acids is 1. The minimum atomic E-state index is 0.0314. The second-order valence-electron chi connectivity index (χ2n) is 3.58. The summed E-state index contributed by atoms with van der Waals surface area (Å²) in [6.45, 7) is 3.75. The zero-order valence-electron chi connectivity index (χ0n) is 9.42. The highest BCUT2D eigenvalue weighted by Crippen LogP contribution is 2.09. The highest BCUT2D eigenvalue weighted by molar-refractivity contribution is 6.30. The van der Waals surface area contributed by atoms with E-state index in [0.29, 0.717) is 13.1 Å². The Kier molecular flexibility index (Phi) is 5.90. The molecule has 0 aliphatic carbocycles. The average molecular weight is 241 g/mol. The molecular weight excluding hydrogens is 224 g/mol. The molecule has 0 fully saturated rings. The number of rotatable bonds is 6. The molecule has 0 aliphatic heterocycles. The van der Waals surface area contributed by atoms with Crippen LogP contribution in [0, 0.1) is 0 Å². The number of carbonyl (C=O) groups is 1. The summed E-state index contributed by atoms with van der Waals surface area (Å²) in [6.07, 6.45) is 0.958. The van der Waals surface area contributed by atoms with Crippen molar-refractivity contribution in [2.24, 2.45) is 0 Å². The van der Waals surface area contributed by atoms with Gasteiger partial charge in [0.05, 0.1) is 6.54 Å². The summed E-state index contributed by atoms with van der Waals surface area (Å²) in [5.74, 6) is 0.0314. The molecule has 3 nitrogen and oxygen atoms in total. The number of nitrogens with one attached hydrogen (secondary N) is 2. The molecule has 0 saturated heterocycles. The van der Waals surface area contributed by atoms with Crippen molar-refractivity contribution >= 4 is 17.5 Å². The van der Waals surface area contributed by atoms with Crippen LogP contribution < -0.4 is 10.6 Å². The molecule has 0 aromatic heterocycles. The lowest BCUT2D eigenvalue weighted by molar-refractivity contribution is -0.120. The topological polar surface area (TPSA) is 41.1 Å². The molecular formula is C12H17ClN2O. The smallest absolute Gasteiger partial charge is 0.233 e. The van der Waals surface area contributed by atoms with Crippen molar-refractivity contribution < 1.29 is 4.79 Å². The second-order valence-corrected chi connectivity index (χ2v) is 4.02. The summed E-state index contributed by atoms with van der Waals surface area (Å²) in [5, 5.41) is 6.59. The zero-order chi connectivity index (χ0) is 11.8. The van der Waals surface area contributed by atoms with Crippen LogP contribution in [0.3, 0.4) is 0 Å². The minimum Gasteiger partial charge on any atom is -0.355 e. The predicted octanol–water partition coefficient (Wildman–Crippen LogP) is 1.96. The third-order valence-corrected chi connectivity index (χ3v) is 2.31. The van der Waals surface area contributed by atoms with Crippen molar-refractivity contribution in [3.05, 3.63) is 34.9 Å². The Balaban J connectivity index is 2.22. The number of benzene rings is 1. The molecule has 0 aliphatic rings. The number of hydrogen-bond acceptors (Lipinski definition) is 2. The van der Waals surface area contributed by atoms with Crippen LogP contribution in [-0.2, 0) is 11.3 Å². The highest BCUT2D eigenvalue weighted by Gasteiger charge is 1.99. The largest absolute Gasteiger partial charge is 0.355 e. The third kappa shape index (κ3) is 5.14. The second kappa shape index (κ2) is 7.25. The first kappa shape index (κ1) is 13.0. The van der Waals surface area contributed by atoms with E-state index in [4.69, 9.17) is 11.6 Å². The summed E-state index contributed by atoms with van der Waals surface area (Å²) in [7, 11) is 0. The van der Waals surface area contributed by atoms with Crippen molar-refractivity contribution in [3.63, 3.8) is 0 Å². The molecule has 1 amide bonds. The Morgan fingerprint density at radius 3 is 2.94 bits per heavy atom. The van der Waals surface area contributed by atoms with E-state index in [1.54, 1.807) is 0 Å². The molecule has 16 heavy (non-hydrogen) atoms. The molecule has 4 heteroatoms. The van der Waals surface area contributed by atoms with E-state index < -0.39 is 0 Å². The molecule has 0 unspecified atom stereocenters. The normalized spacial score (nSPS) is 10.1. The van der Waals surface area contributed by atoms with Crippen molar-refractivity contribution in [1.29, 1.82) is 0 Å². The lowest BCUT2D eigenvalue weighted by Crippen LogP contribution is -2.33. The quantitative estimate of drug-likeness (QED) is 0.798. The summed E-state index contributed by atoms with van der Waals surface area (Å²) in [4.78, 5) is 11.3. The van der Waals surface area contributed by atoms with Gasteiger partial charge in [-0.15, -0.1) is 0 Å². The van der Waals surface area contributed by atoms with Crippen molar-refractivity contribution in [3.8, 4) is 0 Å². The van der Waals surface area contributed by atoms with Gasteiger partial charge in [-0.1, -0.05) is 30.7 Å². The van der Waals surface area contributed by atoms with E-state index in [0.717, 1.165) is 23.6 Å². The first-order valence-corrected chi connectivity index (χ1v) is 5.82. The molecule has 0 heterocycles. The SMILES string of the molecule is CCCNC(=O)CNCc1cccc(Cl)c1. The standard InChI is InChI=1S/C12H17ClN2O/c1-2-6-15-12(16)9-14-8-10-4-3-5-11(13)7-10/h3-5,7,14H,2,6,8-9H2,1H3,(H,15,16).